The monoisotopic (exact) mass is 256 g/mol. The first-order chi connectivity index (χ1) is 9.04. The third kappa shape index (κ3) is 1.71. The molecule has 100 valence electrons. The van der Waals surface area contributed by atoms with Gasteiger partial charge in [0.25, 0.3) is 0 Å². The van der Waals surface area contributed by atoms with Gasteiger partial charge in [-0.3, -0.25) is 0 Å². The minimum Gasteiger partial charge on any atom is -0.402 e. The number of rotatable bonds is 1. The van der Waals surface area contributed by atoms with Crippen molar-refractivity contribution in [2.24, 2.45) is 0 Å². The van der Waals surface area contributed by atoms with E-state index in [-0.39, 0.29) is 18.8 Å². The van der Waals surface area contributed by atoms with E-state index < -0.39 is 0 Å². The summed E-state index contributed by atoms with van der Waals surface area (Å²) in [6, 6.07) is 6.87. The van der Waals surface area contributed by atoms with E-state index in [1.165, 1.54) is 24.7 Å². The molecule has 2 bridgehead atoms. The Morgan fingerprint density at radius 2 is 1.89 bits per heavy atom. The van der Waals surface area contributed by atoms with Crippen molar-refractivity contribution in [3.8, 4) is 0 Å². The van der Waals surface area contributed by atoms with Crippen LogP contribution in [0.1, 0.15) is 63.0 Å². The molecule has 1 saturated carbocycles. The molecule has 0 N–H and O–H groups in total. The predicted octanol–water partition coefficient (Wildman–Crippen LogP) is 2.96. The van der Waals surface area contributed by atoms with E-state index in [4.69, 9.17) is 9.31 Å². The fraction of sp³-hybridized carbons (Fsp3) is 0.625. The Bertz CT molecular complexity index is 525. The van der Waals surface area contributed by atoms with Crippen molar-refractivity contribution >= 4 is 12.6 Å². The molecular weight excluding hydrogens is 235 g/mol. The molecule has 19 heavy (non-hydrogen) atoms. The second kappa shape index (κ2) is 3.86. The lowest BCUT2D eigenvalue weighted by molar-refractivity contribution is 0.0842. The van der Waals surface area contributed by atoms with E-state index in [0.29, 0.717) is 0 Å². The van der Waals surface area contributed by atoms with Crippen LogP contribution in [0, 0.1) is 0 Å². The molecule has 1 saturated heterocycles. The molecule has 1 aromatic carbocycles. The molecule has 1 heterocycles. The van der Waals surface area contributed by atoms with Crippen LogP contribution in [0.4, 0.5) is 0 Å². The molecule has 0 radical (unpaired) electrons. The maximum atomic E-state index is 6.06. The van der Waals surface area contributed by atoms with Crippen LogP contribution < -0.4 is 5.46 Å². The Morgan fingerprint density at radius 1 is 1.16 bits per heavy atom. The number of hydrogen-bond acceptors (Lipinski definition) is 2. The average Bonchev–Trinajstić information content (AvgIpc) is 3.04. The van der Waals surface area contributed by atoms with Gasteiger partial charge in [0.05, 0.1) is 11.7 Å². The lowest BCUT2D eigenvalue weighted by Gasteiger charge is -2.21. The van der Waals surface area contributed by atoms with Crippen LogP contribution in [0.5, 0.6) is 0 Å². The number of fused-ring (bicyclic) bond motifs is 5. The molecule has 3 heteroatoms. The number of benzene rings is 1. The summed E-state index contributed by atoms with van der Waals surface area (Å²) in [5.41, 5.74) is 4.16. The summed E-state index contributed by atoms with van der Waals surface area (Å²) in [7, 11) is -0.186. The summed E-state index contributed by atoms with van der Waals surface area (Å²) >= 11 is 0. The highest BCUT2D eigenvalue weighted by Crippen LogP contribution is 2.52. The van der Waals surface area contributed by atoms with Gasteiger partial charge in [0.15, 0.2) is 0 Å². The van der Waals surface area contributed by atoms with Crippen molar-refractivity contribution in [2.45, 2.75) is 63.6 Å². The van der Waals surface area contributed by atoms with Gasteiger partial charge in [-0.1, -0.05) is 18.2 Å². The van der Waals surface area contributed by atoms with Gasteiger partial charge in [0.2, 0.25) is 0 Å². The van der Waals surface area contributed by atoms with Crippen LogP contribution in [-0.2, 0) is 9.31 Å². The first-order valence-corrected chi connectivity index (χ1v) is 7.51. The van der Waals surface area contributed by atoms with E-state index in [9.17, 15) is 0 Å². The zero-order valence-corrected chi connectivity index (χ0v) is 12.0. The summed E-state index contributed by atoms with van der Waals surface area (Å²) in [5.74, 6) is 1.63. The Balaban J connectivity index is 1.66. The van der Waals surface area contributed by atoms with E-state index >= 15 is 0 Å². The second-order valence-electron chi connectivity index (χ2n) is 6.93. The lowest BCUT2D eigenvalue weighted by atomic mass is 9.76. The minimum atomic E-state index is -0.192. The van der Waals surface area contributed by atoms with Gasteiger partial charge in [-0.15, -0.1) is 0 Å². The second-order valence-corrected chi connectivity index (χ2v) is 6.93. The molecule has 0 amide bonds. The molecule has 2 fully saturated rings. The third-order valence-corrected chi connectivity index (χ3v) is 5.41. The average molecular weight is 256 g/mol. The summed E-state index contributed by atoms with van der Waals surface area (Å²) in [6.07, 6.45) is 4.27. The molecule has 3 aliphatic rings. The van der Waals surface area contributed by atoms with Gasteiger partial charge in [0.1, 0.15) is 0 Å². The maximum absolute atomic E-state index is 6.06. The first-order valence-electron chi connectivity index (χ1n) is 7.51. The first kappa shape index (κ1) is 12.0. The van der Waals surface area contributed by atoms with Crippen molar-refractivity contribution in [3.63, 3.8) is 0 Å². The highest BCUT2D eigenvalue weighted by molar-refractivity contribution is 6.62. The van der Waals surface area contributed by atoms with Gasteiger partial charge < -0.3 is 9.31 Å². The zero-order valence-electron chi connectivity index (χ0n) is 12.0. The summed E-state index contributed by atoms with van der Waals surface area (Å²) in [6.45, 7) is 6.30. The Morgan fingerprint density at radius 3 is 2.58 bits per heavy atom. The van der Waals surface area contributed by atoms with E-state index in [0.717, 1.165) is 11.8 Å². The van der Waals surface area contributed by atoms with Gasteiger partial charge in [-0.25, -0.2) is 0 Å². The van der Waals surface area contributed by atoms with E-state index in [2.05, 4.69) is 39.0 Å². The Hall–Kier alpha value is -0.795. The van der Waals surface area contributed by atoms with Crippen molar-refractivity contribution in [1.29, 1.82) is 0 Å². The fourth-order valence-corrected chi connectivity index (χ4v) is 3.91. The Labute approximate surface area is 115 Å². The van der Waals surface area contributed by atoms with Crippen molar-refractivity contribution in [2.75, 3.05) is 0 Å². The highest BCUT2D eigenvalue weighted by atomic mass is 16.7. The molecule has 0 spiro atoms. The SMILES string of the molecule is CC1OB(c2ccc3c(c2)C2CCC3C2)OC1(C)C. The predicted molar refractivity (Wildman–Crippen MR) is 76.9 cm³/mol. The van der Waals surface area contributed by atoms with Gasteiger partial charge in [-0.05, 0) is 68.5 Å². The fourth-order valence-electron chi connectivity index (χ4n) is 3.91. The quantitative estimate of drug-likeness (QED) is 0.719. The molecule has 0 aromatic heterocycles. The lowest BCUT2D eigenvalue weighted by Crippen LogP contribution is -2.35. The van der Waals surface area contributed by atoms with Crippen LogP contribution >= 0.6 is 0 Å². The zero-order chi connectivity index (χ0) is 13.2. The topological polar surface area (TPSA) is 18.5 Å². The number of hydrogen-bond donors (Lipinski definition) is 0. The van der Waals surface area contributed by atoms with Crippen molar-refractivity contribution in [3.05, 3.63) is 29.3 Å². The Kier molecular flexibility index (Phi) is 2.44. The largest absolute Gasteiger partial charge is 0.494 e. The van der Waals surface area contributed by atoms with Gasteiger partial charge >= 0.3 is 7.12 Å². The molecule has 3 atom stereocenters. The molecular formula is C16H21BO2. The van der Waals surface area contributed by atoms with Crippen LogP contribution in [0.3, 0.4) is 0 Å². The summed E-state index contributed by atoms with van der Waals surface area (Å²) < 4.78 is 12.0. The van der Waals surface area contributed by atoms with Crippen LogP contribution in [-0.4, -0.2) is 18.8 Å². The molecule has 1 aromatic rings. The molecule has 1 aliphatic heterocycles. The minimum absolute atomic E-state index is 0.141. The normalized spacial score (nSPS) is 34.9. The third-order valence-electron chi connectivity index (χ3n) is 5.41. The van der Waals surface area contributed by atoms with E-state index in [1.807, 2.05) is 0 Å². The summed E-state index contributed by atoms with van der Waals surface area (Å²) in [5, 5.41) is 0. The van der Waals surface area contributed by atoms with Crippen LogP contribution in [0.25, 0.3) is 0 Å². The molecule has 2 aliphatic carbocycles. The van der Waals surface area contributed by atoms with Crippen LogP contribution in [0.15, 0.2) is 18.2 Å². The standard InChI is InChI=1S/C16H21BO2/c1-10-16(2,3)19-17(18-10)13-6-7-14-11-4-5-12(8-11)15(14)9-13/h6-7,9-12H,4-5,8H2,1-3H3. The summed E-state index contributed by atoms with van der Waals surface area (Å²) in [4.78, 5) is 0. The smallest absolute Gasteiger partial charge is 0.402 e. The van der Waals surface area contributed by atoms with Crippen LogP contribution in [0.2, 0.25) is 0 Å². The highest BCUT2D eigenvalue weighted by Gasteiger charge is 2.45. The van der Waals surface area contributed by atoms with Crippen molar-refractivity contribution in [1.82, 2.24) is 0 Å². The van der Waals surface area contributed by atoms with Gasteiger partial charge in [-0.2, -0.15) is 0 Å². The molecule has 2 nitrogen and oxygen atoms in total. The van der Waals surface area contributed by atoms with E-state index in [1.54, 1.807) is 11.1 Å². The van der Waals surface area contributed by atoms with Gasteiger partial charge in [0, 0.05) is 0 Å². The molecule has 4 rings (SSSR count). The maximum Gasteiger partial charge on any atom is 0.494 e. The molecule has 3 unspecified atom stereocenters. The van der Waals surface area contributed by atoms with Crippen molar-refractivity contribution < 1.29 is 9.31 Å².